The molecule has 0 fully saturated rings. The number of carbonyl (C=O) groups excluding carboxylic acids is 1. The minimum Gasteiger partial charge on any atom is -0.494 e. The summed E-state index contributed by atoms with van der Waals surface area (Å²) in [6.07, 6.45) is 8.22. The number of nitrogens with one attached hydrogen (secondary N) is 1. The van der Waals surface area contributed by atoms with Crippen molar-refractivity contribution in [1.29, 1.82) is 0 Å². The average molecular weight is 354 g/mol. The largest absolute Gasteiger partial charge is 0.494 e. The number of hydrogen-bond donors (Lipinski definition) is 1. The van der Waals surface area contributed by atoms with Gasteiger partial charge in [-0.1, -0.05) is 0 Å². The first-order valence-electron chi connectivity index (χ1n) is 8.33. The maximum atomic E-state index is 12.8. The van der Waals surface area contributed by atoms with Gasteiger partial charge in [-0.05, 0) is 49.2 Å². The van der Waals surface area contributed by atoms with E-state index in [1.165, 1.54) is 12.1 Å². The molecule has 0 aliphatic heterocycles. The first-order chi connectivity index (χ1) is 12.7. The van der Waals surface area contributed by atoms with Crippen molar-refractivity contribution in [3.63, 3.8) is 0 Å². The van der Waals surface area contributed by atoms with E-state index in [1.807, 2.05) is 0 Å². The fourth-order valence-corrected chi connectivity index (χ4v) is 2.32. The van der Waals surface area contributed by atoms with Crippen LogP contribution in [-0.4, -0.2) is 33.6 Å². The Kier molecular flexibility index (Phi) is 5.92. The van der Waals surface area contributed by atoms with Crippen molar-refractivity contribution in [2.75, 3.05) is 13.2 Å². The van der Waals surface area contributed by atoms with E-state index in [4.69, 9.17) is 4.74 Å². The minimum absolute atomic E-state index is 0.158. The standard InChI is InChI=1S/C19H19FN4O2/c20-16-4-6-17(7-5-16)26-12-2-1-9-22-19(25)15-3-8-18(23-13-15)24-11-10-21-14-24/h3-8,10-11,13-14H,1-2,9,12H2,(H,22,25). The molecule has 3 aromatic rings. The first kappa shape index (κ1) is 17.6. The van der Waals surface area contributed by atoms with Crippen molar-refractivity contribution in [2.24, 2.45) is 0 Å². The summed E-state index contributed by atoms with van der Waals surface area (Å²) in [5.41, 5.74) is 0.511. The molecule has 0 unspecified atom stereocenters. The molecule has 6 nitrogen and oxygen atoms in total. The Bertz CT molecular complexity index is 818. The lowest BCUT2D eigenvalue weighted by Crippen LogP contribution is -2.24. The van der Waals surface area contributed by atoms with Gasteiger partial charge in [-0.3, -0.25) is 9.36 Å². The Morgan fingerprint density at radius 3 is 2.69 bits per heavy atom. The van der Waals surface area contributed by atoms with Crippen molar-refractivity contribution >= 4 is 5.91 Å². The van der Waals surface area contributed by atoms with Crippen molar-refractivity contribution < 1.29 is 13.9 Å². The van der Waals surface area contributed by atoms with Crippen LogP contribution in [0.2, 0.25) is 0 Å². The summed E-state index contributed by atoms with van der Waals surface area (Å²) in [6, 6.07) is 9.42. The third kappa shape index (κ3) is 4.89. The van der Waals surface area contributed by atoms with Gasteiger partial charge in [-0.2, -0.15) is 0 Å². The van der Waals surface area contributed by atoms with Crippen molar-refractivity contribution in [3.8, 4) is 11.6 Å². The molecule has 7 heteroatoms. The molecule has 2 aromatic heterocycles. The summed E-state index contributed by atoms with van der Waals surface area (Å²) < 4.78 is 20.1. The van der Waals surface area contributed by atoms with Gasteiger partial charge in [-0.15, -0.1) is 0 Å². The molecule has 3 rings (SSSR count). The Morgan fingerprint density at radius 1 is 1.15 bits per heavy atom. The number of hydrogen-bond acceptors (Lipinski definition) is 4. The van der Waals surface area contributed by atoms with Gasteiger partial charge >= 0.3 is 0 Å². The molecule has 1 amide bonds. The maximum absolute atomic E-state index is 12.8. The van der Waals surface area contributed by atoms with Gasteiger partial charge in [0.15, 0.2) is 0 Å². The van der Waals surface area contributed by atoms with Gasteiger partial charge in [0, 0.05) is 25.1 Å². The number of benzene rings is 1. The van der Waals surface area contributed by atoms with E-state index in [2.05, 4.69) is 15.3 Å². The number of unbranched alkanes of at least 4 members (excludes halogenated alkanes) is 1. The summed E-state index contributed by atoms with van der Waals surface area (Å²) in [7, 11) is 0. The van der Waals surface area contributed by atoms with E-state index in [-0.39, 0.29) is 11.7 Å². The zero-order chi connectivity index (χ0) is 18.2. The second kappa shape index (κ2) is 8.75. The minimum atomic E-state index is -0.285. The lowest BCUT2D eigenvalue weighted by Gasteiger charge is -2.08. The fraction of sp³-hybridized carbons (Fsp3) is 0.211. The molecule has 0 aliphatic rings. The van der Waals surface area contributed by atoms with Crippen LogP contribution >= 0.6 is 0 Å². The molecule has 0 saturated carbocycles. The Labute approximate surface area is 150 Å². The third-order valence-electron chi connectivity index (χ3n) is 3.72. The number of amides is 1. The summed E-state index contributed by atoms with van der Waals surface area (Å²) in [4.78, 5) is 20.3. The van der Waals surface area contributed by atoms with Crippen LogP contribution < -0.4 is 10.1 Å². The van der Waals surface area contributed by atoms with Gasteiger partial charge in [0.2, 0.25) is 0 Å². The number of aromatic nitrogens is 3. The van der Waals surface area contributed by atoms with Crippen LogP contribution in [0.15, 0.2) is 61.3 Å². The lowest BCUT2D eigenvalue weighted by atomic mass is 10.2. The fourth-order valence-electron chi connectivity index (χ4n) is 2.32. The third-order valence-corrected chi connectivity index (χ3v) is 3.72. The maximum Gasteiger partial charge on any atom is 0.252 e. The number of imidazole rings is 1. The Morgan fingerprint density at radius 2 is 2.00 bits per heavy atom. The van der Waals surface area contributed by atoms with Crippen molar-refractivity contribution in [3.05, 3.63) is 72.7 Å². The highest BCUT2D eigenvalue weighted by Gasteiger charge is 2.06. The molecule has 0 atom stereocenters. The molecule has 0 radical (unpaired) electrons. The number of ether oxygens (including phenoxy) is 1. The topological polar surface area (TPSA) is 69.0 Å². The average Bonchev–Trinajstić information content (AvgIpc) is 3.21. The highest BCUT2D eigenvalue weighted by atomic mass is 19.1. The predicted octanol–water partition coefficient (Wildman–Crippen LogP) is 3.00. The van der Waals surface area contributed by atoms with Crippen LogP contribution in [0, 0.1) is 5.82 Å². The molecule has 0 spiro atoms. The van der Waals surface area contributed by atoms with Crippen LogP contribution in [0.1, 0.15) is 23.2 Å². The number of pyridine rings is 1. The van der Waals surface area contributed by atoms with Crippen LogP contribution in [0.4, 0.5) is 4.39 Å². The van der Waals surface area contributed by atoms with Crippen LogP contribution in [0.5, 0.6) is 5.75 Å². The Hall–Kier alpha value is -3.22. The van der Waals surface area contributed by atoms with Crippen molar-refractivity contribution in [2.45, 2.75) is 12.8 Å². The van der Waals surface area contributed by atoms with Gasteiger partial charge in [0.25, 0.3) is 5.91 Å². The SMILES string of the molecule is O=C(NCCCCOc1ccc(F)cc1)c1ccc(-n2ccnc2)nc1. The highest BCUT2D eigenvalue weighted by Crippen LogP contribution is 2.11. The monoisotopic (exact) mass is 354 g/mol. The molecular weight excluding hydrogens is 335 g/mol. The van der Waals surface area contributed by atoms with Crippen LogP contribution in [0.25, 0.3) is 5.82 Å². The second-order valence-electron chi connectivity index (χ2n) is 5.64. The smallest absolute Gasteiger partial charge is 0.252 e. The number of nitrogens with zero attached hydrogens (tertiary/aromatic N) is 3. The van der Waals surface area contributed by atoms with Crippen LogP contribution in [0.3, 0.4) is 0 Å². The summed E-state index contributed by atoms with van der Waals surface area (Å²) in [5, 5.41) is 2.86. The lowest BCUT2D eigenvalue weighted by molar-refractivity contribution is 0.0952. The van der Waals surface area contributed by atoms with E-state index < -0.39 is 0 Å². The van der Waals surface area contributed by atoms with Crippen LogP contribution in [-0.2, 0) is 0 Å². The van der Waals surface area contributed by atoms with E-state index >= 15 is 0 Å². The summed E-state index contributed by atoms with van der Waals surface area (Å²) in [5.74, 6) is 0.901. The zero-order valence-corrected chi connectivity index (χ0v) is 14.1. The normalized spacial score (nSPS) is 10.5. The van der Waals surface area contributed by atoms with Gasteiger partial charge in [-0.25, -0.2) is 14.4 Å². The van der Waals surface area contributed by atoms with E-state index in [0.29, 0.717) is 30.3 Å². The summed E-state index contributed by atoms with van der Waals surface area (Å²) in [6.45, 7) is 1.07. The molecule has 1 aromatic carbocycles. The molecule has 26 heavy (non-hydrogen) atoms. The van der Waals surface area contributed by atoms with Gasteiger partial charge in [0.05, 0.1) is 12.2 Å². The van der Waals surface area contributed by atoms with E-state index in [1.54, 1.807) is 53.8 Å². The number of carbonyl (C=O) groups is 1. The quantitative estimate of drug-likeness (QED) is 0.632. The summed E-state index contributed by atoms with van der Waals surface area (Å²) >= 11 is 0. The zero-order valence-electron chi connectivity index (χ0n) is 14.1. The highest BCUT2D eigenvalue weighted by molar-refractivity contribution is 5.93. The molecular formula is C19H19FN4O2. The Balaban J connectivity index is 1.35. The van der Waals surface area contributed by atoms with E-state index in [9.17, 15) is 9.18 Å². The van der Waals surface area contributed by atoms with Gasteiger partial charge < -0.3 is 10.1 Å². The van der Waals surface area contributed by atoms with E-state index in [0.717, 1.165) is 12.8 Å². The number of rotatable bonds is 8. The van der Waals surface area contributed by atoms with Crippen molar-refractivity contribution in [1.82, 2.24) is 19.9 Å². The molecule has 1 N–H and O–H groups in total. The molecule has 2 heterocycles. The molecule has 0 saturated heterocycles. The molecule has 134 valence electrons. The van der Waals surface area contributed by atoms with Gasteiger partial charge in [0.1, 0.15) is 23.7 Å². The number of halogens is 1. The first-order valence-corrected chi connectivity index (χ1v) is 8.33. The molecule has 0 bridgehead atoms. The predicted molar refractivity (Wildman–Crippen MR) is 94.8 cm³/mol. The second-order valence-corrected chi connectivity index (χ2v) is 5.64. The molecule has 0 aliphatic carbocycles.